The van der Waals surface area contributed by atoms with E-state index in [1.807, 2.05) is 12.1 Å². The maximum absolute atomic E-state index is 12.6. The van der Waals surface area contributed by atoms with Crippen molar-refractivity contribution in [3.05, 3.63) is 64.0 Å². The Morgan fingerprint density at radius 2 is 2.12 bits per heavy atom. The van der Waals surface area contributed by atoms with Crippen LogP contribution in [-0.4, -0.2) is 53.3 Å². The predicted octanol–water partition coefficient (Wildman–Crippen LogP) is 2.84. The minimum atomic E-state index is -0.358. The fraction of sp³-hybridized carbons (Fsp3) is 0.304. The molecule has 0 spiro atoms. The number of hydrogen-bond acceptors (Lipinski definition) is 6. The number of carbonyl (C=O) groups excluding carboxylic acids is 2. The molecular weight excluding hydrogens is 490 g/mol. The third kappa shape index (κ3) is 5.96. The molecule has 2 N–H and O–H groups in total. The lowest BCUT2D eigenvalue weighted by molar-refractivity contribution is -0.123. The number of nitrogens with zero attached hydrogens (tertiary/aromatic N) is 3. The summed E-state index contributed by atoms with van der Waals surface area (Å²) < 4.78 is 13.5. The summed E-state index contributed by atoms with van der Waals surface area (Å²) in [5.41, 5.74) is 5.02. The van der Waals surface area contributed by atoms with Gasteiger partial charge in [-0.1, -0.05) is 0 Å². The van der Waals surface area contributed by atoms with Crippen molar-refractivity contribution >= 4 is 39.6 Å². The van der Waals surface area contributed by atoms with E-state index < -0.39 is 0 Å². The first-order chi connectivity index (χ1) is 16.0. The molecule has 0 unspecified atom stereocenters. The van der Waals surface area contributed by atoms with Gasteiger partial charge < -0.3 is 14.8 Å². The van der Waals surface area contributed by atoms with Gasteiger partial charge in [0, 0.05) is 23.8 Å². The summed E-state index contributed by atoms with van der Waals surface area (Å²) in [6.07, 6.45) is 5.43. The molecule has 1 aliphatic rings. The molecule has 1 aliphatic heterocycles. The first-order valence-electron chi connectivity index (χ1n) is 10.6. The molecule has 1 saturated heterocycles. The van der Waals surface area contributed by atoms with E-state index in [4.69, 9.17) is 9.47 Å². The molecule has 33 heavy (non-hydrogen) atoms. The number of amides is 2. The van der Waals surface area contributed by atoms with Crippen LogP contribution in [0.1, 0.15) is 34.6 Å². The molecule has 9 nitrogen and oxygen atoms in total. The molecular formula is C23H24BrN5O4. The van der Waals surface area contributed by atoms with Crippen LogP contribution in [0.25, 0.3) is 5.65 Å². The maximum atomic E-state index is 12.6. The van der Waals surface area contributed by atoms with Crippen molar-refractivity contribution < 1.29 is 19.1 Å². The molecule has 3 heterocycles. The fourth-order valence-electron chi connectivity index (χ4n) is 3.51. The Labute approximate surface area is 199 Å². The van der Waals surface area contributed by atoms with Gasteiger partial charge >= 0.3 is 0 Å². The second-order valence-electron chi connectivity index (χ2n) is 7.62. The van der Waals surface area contributed by atoms with Crippen LogP contribution in [0.5, 0.6) is 5.75 Å². The Hall–Kier alpha value is -3.24. The molecule has 0 aliphatic carbocycles. The van der Waals surface area contributed by atoms with E-state index in [0.29, 0.717) is 29.3 Å². The summed E-state index contributed by atoms with van der Waals surface area (Å²) >= 11 is 3.41. The topological polar surface area (TPSA) is 106 Å². The van der Waals surface area contributed by atoms with Crippen LogP contribution in [0.2, 0.25) is 0 Å². The lowest BCUT2D eigenvalue weighted by Crippen LogP contribution is -2.35. The summed E-state index contributed by atoms with van der Waals surface area (Å²) in [4.78, 5) is 28.9. The van der Waals surface area contributed by atoms with Crippen molar-refractivity contribution in [1.82, 2.24) is 20.1 Å². The fourth-order valence-corrected chi connectivity index (χ4v) is 3.85. The number of imidazole rings is 1. The van der Waals surface area contributed by atoms with Crippen molar-refractivity contribution in [2.24, 2.45) is 5.10 Å². The van der Waals surface area contributed by atoms with Crippen molar-refractivity contribution in [2.75, 3.05) is 19.8 Å². The first kappa shape index (κ1) is 22.9. The summed E-state index contributed by atoms with van der Waals surface area (Å²) in [6.45, 7) is 2.98. The van der Waals surface area contributed by atoms with E-state index in [2.05, 4.69) is 36.8 Å². The second kappa shape index (κ2) is 10.6. The Morgan fingerprint density at radius 1 is 1.30 bits per heavy atom. The highest BCUT2D eigenvalue weighted by atomic mass is 79.9. The standard InChI is InChI=1S/C23H24BrN5O4/c1-15-22(29-13-17(24)6-9-20(29)27-15)23(31)28-26-11-16-4-7-18(8-5-16)33-14-21(30)25-12-19-3-2-10-32-19/h4-9,11,13,19H,2-3,10,12,14H2,1H3,(H,25,30)(H,28,31)/b26-11-/t19-/m1/s1. The van der Waals surface area contributed by atoms with Gasteiger partial charge in [0.15, 0.2) is 6.61 Å². The van der Waals surface area contributed by atoms with Crippen molar-refractivity contribution in [3.8, 4) is 5.75 Å². The largest absolute Gasteiger partial charge is 0.484 e. The number of ether oxygens (including phenoxy) is 2. The minimum Gasteiger partial charge on any atom is -0.484 e. The molecule has 0 radical (unpaired) electrons. The average Bonchev–Trinajstić information content (AvgIpc) is 3.44. The van der Waals surface area contributed by atoms with Gasteiger partial charge in [-0.15, -0.1) is 0 Å². The molecule has 0 bridgehead atoms. The highest BCUT2D eigenvalue weighted by Crippen LogP contribution is 2.17. The zero-order valence-electron chi connectivity index (χ0n) is 18.1. The average molecular weight is 514 g/mol. The second-order valence-corrected chi connectivity index (χ2v) is 8.53. The molecule has 4 rings (SSSR count). The summed E-state index contributed by atoms with van der Waals surface area (Å²) in [5.74, 6) is 0.0206. The molecule has 0 saturated carbocycles. The zero-order chi connectivity index (χ0) is 23.2. The van der Waals surface area contributed by atoms with Gasteiger partial charge in [0.25, 0.3) is 11.8 Å². The van der Waals surface area contributed by atoms with Gasteiger partial charge in [-0.25, -0.2) is 10.4 Å². The van der Waals surface area contributed by atoms with Crippen LogP contribution in [0, 0.1) is 6.92 Å². The highest BCUT2D eigenvalue weighted by molar-refractivity contribution is 9.10. The third-order valence-corrected chi connectivity index (χ3v) is 5.62. The number of aromatic nitrogens is 2. The number of nitrogens with one attached hydrogen (secondary N) is 2. The van der Waals surface area contributed by atoms with E-state index in [1.165, 1.54) is 6.21 Å². The van der Waals surface area contributed by atoms with Gasteiger partial charge in [0.2, 0.25) is 0 Å². The Balaban J connectivity index is 1.27. The maximum Gasteiger partial charge on any atom is 0.290 e. The van der Waals surface area contributed by atoms with Gasteiger partial charge in [0.05, 0.1) is 18.0 Å². The molecule has 1 fully saturated rings. The van der Waals surface area contributed by atoms with Gasteiger partial charge in [-0.3, -0.25) is 14.0 Å². The van der Waals surface area contributed by atoms with E-state index >= 15 is 0 Å². The normalized spacial score (nSPS) is 15.8. The Morgan fingerprint density at radius 3 is 2.88 bits per heavy atom. The molecule has 2 aromatic heterocycles. The van der Waals surface area contributed by atoms with Crippen LogP contribution in [0.3, 0.4) is 0 Å². The number of halogens is 1. The number of aryl methyl sites for hydroxylation is 1. The third-order valence-electron chi connectivity index (χ3n) is 5.15. The summed E-state index contributed by atoms with van der Waals surface area (Å²) in [6, 6.07) is 10.7. The number of rotatable bonds is 8. The predicted molar refractivity (Wildman–Crippen MR) is 127 cm³/mol. The van der Waals surface area contributed by atoms with Gasteiger partial charge in [-0.2, -0.15) is 5.10 Å². The lowest BCUT2D eigenvalue weighted by Gasteiger charge is -2.11. The number of benzene rings is 1. The quantitative estimate of drug-likeness (QED) is 0.355. The van der Waals surface area contributed by atoms with E-state index in [-0.39, 0.29) is 24.5 Å². The molecule has 10 heteroatoms. The van der Waals surface area contributed by atoms with Crippen molar-refractivity contribution in [2.45, 2.75) is 25.9 Å². The SMILES string of the molecule is Cc1nc2ccc(Br)cn2c1C(=O)N/N=C\c1ccc(OCC(=O)NC[C@H]2CCCO2)cc1. The van der Waals surface area contributed by atoms with Crippen LogP contribution >= 0.6 is 15.9 Å². The van der Waals surface area contributed by atoms with Crippen molar-refractivity contribution in [3.63, 3.8) is 0 Å². The molecule has 1 atom stereocenters. The highest BCUT2D eigenvalue weighted by Gasteiger charge is 2.17. The lowest BCUT2D eigenvalue weighted by atomic mass is 10.2. The molecule has 1 aromatic carbocycles. The Kier molecular flexibility index (Phi) is 7.36. The number of fused-ring (bicyclic) bond motifs is 1. The number of hydrazone groups is 1. The summed E-state index contributed by atoms with van der Waals surface area (Å²) in [7, 11) is 0. The number of hydrogen-bond donors (Lipinski definition) is 2. The van der Waals surface area contributed by atoms with E-state index in [0.717, 1.165) is 29.5 Å². The van der Waals surface area contributed by atoms with Gasteiger partial charge in [0.1, 0.15) is 17.1 Å². The van der Waals surface area contributed by atoms with Crippen LogP contribution < -0.4 is 15.5 Å². The minimum absolute atomic E-state index is 0.0645. The summed E-state index contributed by atoms with van der Waals surface area (Å²) in [5, 5.41) is 6.85. The van der Waals surface area contributed by atoms with Crippen molar-refractivity contribution in [1.29, 1.82) is 0 Å². The van der Waals surface area contributed by atoms with Gasteiger partial charge in [-0.05, 0) is 77.7 Å². The monoisotopic (exact) mass is 513 g/mol. The van der Waals surface area contributed by atoms with Crippen LogP contribution in [-0.2, 0) is 9.53 Å². The zero-order valence-corrected chi connectivity index (χ0v) is 19.7. The molecule has 2 amide bonds. The molecule has 3 aromatic rings. The number of pyridine rings is 1. The van der Waals surface area contributed by atoms with Crippen LogP contribution in [0.15, 0.2) is 52.2 Å². The molecule has 172 valence electrons. The van der Waals surface area contributed by atoms with E-state index in [9.17, 15) is 9.59 Å². The smallest absolute Gasteiger partial charge is 0.290 e. The first-order valence-corrected chi connectivity index (χ1v) is 11.4. The number of carbonyl (C=O) groups is 2. The van der Waals surface area contributed by atoms with Crippen LogP contribution in [0.4, 0.5) is 0 Å². The Bertz CT molecular complexity index is 1170. The van der Waals surface area contributed by atoms with E-state index in [1.54, 1.807) is 41.8 Å².